The van der Waals surface area contributed by atoms with Crippen LogP contribution in [0.15, 0.2) is 48.8 Å². The van der Waals surface area contributed by atoms with Gasteiger partial charge in [-0.15, -0.1) is 12.4 Å². The summed E-state index contributed by atoms with van der Waals surface area (Å²) in [6.07, 6.45) is -1.67. The highest BCUT2D eigenvalue weighted by atomic mass is 35.5. The van der Waals surface area contributed by atoms with Crippen LogP contribution in [0.3, 0.4) is 0 Å². The van der Waals surface area contributed by atoms with Gasteiger partial charge in [-0.3, -0.25) is 4.98 Å². The van der Waals surface area contributed by atoms with Crippen LogP contribution in [0.25, 0.3) is 11.4 Å². The van der Waals surface area contributed by atoms with Crippen molar-refractivity contribution in [1.82, 2.24) is 15.0 Å². The number of benzene rings is 1. The van der Waals surface area contributed by atoms with Crippen molar-refractivity contribution < 1.29 is 13.2 Å². The van der Waals surface area contributed by atoms with Crippen LogP contribution in [0.2, 0.25) is 0 Å². The second-order valence-corrected chi connectivity index (χ2v) is 5.40. The molecule has 136 valence electrons. The number of aromatic nitrogens is 3. The molecule has 26 heavy (non-hydrogen) atoms. The van der Waals surface area contributed by atoms with Crippen LogP contribution >= 0.6 is 12.4 Å². The molecule has 0 atom stereocenters. The quantitative estimate of drug-likeness (QED) is 0.648. The van der Waals surface area contributed by atoms with Gasteiger partial charge in [-0.25, -0.2) is 9.97 Å². The van der Waals surface area contributed by atoms with Gasteiger partial charge in [0.1, 0.15) is 5.82 Å². The molecule has 0 radical (unpaired) electrons. The van der Waals surface area contributed by atoms with E-state index in [4.69, 9.17) is 5.73 Å². The number of pyridine rings is 1. The monoisotopic (exact) mass is 381 g/mol. The number of anilines is 3. The average Bonchev–Trinajstić information content (AvgIpc) is 2.58. The Kier molecular flexibility index (Phi) is 5.66. The highest BCUT2D eigenvalue weighted by Gasteiger charge is 2.34. The summed E-state index contributed by atoms with van der Waals surface area (Å²) in [5, 5.41) is 2.88. The van der Waals surface area contributed by atoms with Crippen LogP contribution in [0, 0.1) is 6.92 Å². The van der Waals surface area contributed by atoms with Gasteiger partial charge in [0, 0.05) is 35.4 Å². The molecule has 2 aromatic heterocycles. The molecule has 0 amide bonds. The first kappa shape index (κ1) is 19.5. The molecule has 0 saturated carbocycles. The lowest BCUT2D eigenvalue weighted by atomic mass is 10.2. The fourth-order valence-electron chi connectivity index (χ4n) is 2.19. The summed E-state index contributed by atoms with van der Waals surface area (Å²) in [6.45, 7) is 1.82. The number of alkyl halides is 3. The number of nitrogen functional groups attached to an aromatic ring is 1. The van der Waals surface area contributed by atoms with E-state index in [-0.39, 0.29) is 24.0 Å². The molecule has 5 nitrogen and oxygen atoms in total. The molecule has 2 heterocycles. The molecule has 0 saturated heterocycles. The number of aryl methyl sites for hydroxylation is 1. The van der Waals surface area contributed by atoms with E-state index >= 15 is 0 Å². The summed E-state index contributed by atoms with van der Waals surface area (Å²) in [5.41, 5.74) is 6.98. The second kappa shape index (κ2) is 7.57. The molecule has 3 rings (SSSR count). The Labute approximate surface area is 153 Å². The van der Waals surface area contributed by atoms with E-state index in [1.807, 2.05) is 6.92 Å². The summed E-state index contributed by atoms with van der Waals surface area (Å²) >= 11 is 0. The van der Waals surface area contributed by atoms with Crippen LogP contribution in [-0.2, 0) is 6.18 Å². The van der Waals surface area contributed by atoms with Crippen LogP contribution in [-0.4, -0.2) is 15.0 Å². The Morgan fingerprint density at radius 1 is 1.08 bits per heavy atom. The molecular weight excluding hydrogens is 367 g/mol. The predicted molar refractivity (Wildman–Crippen MR) is 96.4 cm³/mol. The molecule has 0 unspecified atom stereocenters. The van der Waals surface area contributed by atoms with Gasteiger partial charge in [0.05, 0.1) is 0 Å². The van der Waals surface area contributed by atoms with E-state index in [9.17, 15) is 13.2 Å². The van der Waals surface area contributed by atoms with Gasteiger partial charge in [0.2, 0.25) is 0 Å². The van der Waals surface area contributed by atoms with Crippen molar-refractivity contribution in [3.8, 4) is 11.4 Å². The van der Waals surface area contributed by atoms with Gasteiger partial charge in [-0.1, -0.05) is 6.07 Å². The minimum atomic E-state index is -4.60. The van der Waals surface area contributed by atoms with Gasteiger partial charge in [0.25, 0.3) is 0 Å². The van der Waals surface area contributed by atoms with E-state index < -0.39 is 11.9 Å². The minimum absolute atomic E-state index is 0. The number of hydrogen-bond acceptors (Lipinski definition) is 5. The third-order valence-corrected chi connectivity index (χ3v) is 3.46. The second-order valence-electron chi connectivity index (χ2n) is 5.40. The number of hydrogen-bond donors (Lipinski definition) is 2. The number of rotatable bonds is 3. The molecule has 0 spiro atoms. The molecule has 1 aromatic carbocycles. The lowest BCUT2D eigenvalue weighted by molar-refractivity contribution is -0.141. The van der Waals surface area contributed by atoms with Crippen LogP contribution in [0.5, 0.6) is 0 Å². The Balaban J connectivity index is 0.00000243. The summed E-state index contributed by atoms with van der Waals surface area (Å²) in [6, 6.07) is 9.18. The first-order chi connectivity index (χ1) is 11.8. The summed E-state index contributed by atoms with van der Waals surface area (Å²) < 4.78 is 39.6. The Hall–Kier alpha value is -2.87. The molecule has 3 aromatic rings. The molecule has 0 aliphatic carbocycles. The maximum Gasteiger partial charge on any atom is 0.433 e. The van der Waals surface area contributed by atoms with Crippen molar-refractivity contribution >= 4 is 29.6 Å². The van der Waals surface area contributed by atoms with Crippen molar-refractivity contribution in [3.05, 3.63) is 60.0 Å². The van der Waals surface area contributed by atoms with E-state index in [1.165, 1.54) is 12.4 Å². The largest absolute Gasteiger partial charge is 0.433 e. The van der Waals surface area contributed by atoms with Crippen LogP contribution < -0.4 is 11.1 Å². The molecular formula is C17H15ClF3N5. The number of nitrogens with one attached hydrogen (secondary N) is 1. The Morgan fingerprint density at radius 2 is 1.85 bits per heavy atom. The van der Waals surface area contributed by atoms with Crippen molar-refractivity contribution in [3.63, 3.8) is 0 Å². The standard InChI is InChI=1S/C17H14F3N5.ClH/c1-10-4-5-12(21)7-13(10)23-15-8-14(17(18,19)20)24-16(25-15)11-3-2-6-22-9-11;/h2-9H,21H2,1H3,(H,23,24,25);1H. The Morgan fingerprint density at radius 3 is 2.50 bits per heavy atom. The van der Waals surface area contributed by atoms with Crippen LogP contribution in [0.4, 0.5) is 30.4 Å². The first-order valence-corrected chi connectivity index (χ1v) is 7.33. The lowest BCUT2D eigenvalue weighted by Crippen LogP contribution is -2.11. The fraction of sp³-hybridized carbons (Fsp3) is 0.118. The normalized spacial score (nSPS) is 10.9. The van der Waals surface area contributed by atoms with E-state index in [2.05, 4.69) is 20.3 Å². The summed E-state index contributed by atoms with van der Waals surface area (Å²) in [7, 11) is 0. The van der Waals surface area contributed by atoms with Crippen LogP contribution in [0.1, 0.15) is 11.3 Å². The third kappa shape index (κ3) is 4.40. The van der Waals surface area contributed by atoms with Crippen molar-refractivity contribution in [1.29, 1.82) is 0 Å². The van der Waals surface area contributed by atoms with Gasteiger partial charge >= 0.3 is 6.18 Å². The zero-order chi connectivity index (χ0) is 18.0. The first-order valence-electron chi connectivity index (χ1n) is 7.33. The fourth-order valence-corrected chi connectivity index (χ4v) is 2.19. The molecule has 0 bridgehead atoms. The third-order valence-electron chi connectivity index (χ3n) is 3.46. The Bertz CT molecular complexity index is 901. The number of nitrogens with zero attached hydrogens (tertiary/aromatic N) is 3. The van der Waals surface area contributed by atoms with Crippen molar-refractivity contribution in [2.24, 2.45) is 0 Å². The number of halogens is 4. The maximum absolute atomic E-state index is 13.2. The molecule has 3 N–H and O–H groups in total. The van der Waals surface area contributed by atoms with Crippen molar-refractivity contribution in [2.45, 2.75) is 13.1 Å². The highest BCUT2D eigenvalue weighted by molar-refractivity contribution is 5.85. The average molecular weight is 382 g/mol. The van der Waals surface area contributed by atoms with Gasteiger partial charge in [-0.05, 0) is 36.8 Å². The van der Waals surface area contributed by atoms with E-state index in [0.29, 0.717) is 16.9 Å². The molecule has 9 heteroatoms. The summed E-state index contributed by atoms with van der Waals surface area (Å²) in [4.78, 5) is 11.7. The lowest BCUT2D eigenvalue weighted by Gasteiger charge is -2.13. The highest BCUT2D eigenvalue weighted by Crippen LogP contribution is 2.32. The smallest absolute Gasteiger partial charge is 0.399 e. The predicted octanol–water partition coefficient (Wildman–Crippen LogP) is 4.61. The minimum Gasteiger partial charge on any atom is -0.399 e. The zero-order valence-corrected chi connectivity index (χ0v) is 14.4. The topological polar surface area (TPSA) is 76.7 Å². The summed E-state index contributed by atoms with van der Waals surface area (Å²) in [5.74, 6) is -0.0399. The SMILES string of the molecule is Cc1ccc(N)cc1Nc1cc(C(F)(F)F)nc(-c2cccnc2)n1.Cl. The maximum atomic E-state index is 13.2. The zero-order valence-electron chi connectivity index (χ0n) is 13.6. The van der Waals surface area contributed by atoms with Gasteiger partial charge in [0.15, 0.2) is 11.5 Å². The van der Waals surface area contributed by atoms with Gasteiger partial charge < -0.3 is 11.1 Å². The number of nitrogens with two attached hydrogens (primary N) is 1. The molecule has 0 aliphatic rings. The van der Waals surface area contributed by atoms with Gasteiger partial charge in [-0.2, -0.15) is 13.2 Å². The molecule has 0 aliphatic heterocycles. The van der Waals surface area contributed by atoms with Crippen molar-refractivity contribution in [2.75, 3.05) is 11.1 Å². The van der Waals surface area contributed by atoms with E-state index in [1.54, 1.807) is 30.3 Å². The van der Waals surface area contributed by atoms with E-state index in [0.717, 1.165) is 11.6 Å². The molecule has 0 fully saturated rings.